The number of nitrogens with zero attached hydrogens (tertiary/aromatic N) is 1. The summed E-state index contributed by atoms with van der Waals surface area (Å²) in [6.07, 6.45) is 3.83. The highest BCUT2D eigenvalue weighted by molar-refractivity contribution is 6.31. The number of aryl methyl sites for hydroxylation is 1. The molecule has 0 aliphatic heterocycles. The van der Waals surface area contributed by atoms with Crippen molar-refractivity contribution in [3.05, 3.63) is 100 Å². The van der Waals surface area contributed by atoms with Crippen molar-refractivity contribution >= 4 is 34.9 Å². The van der Waals surface area contributed by atoms with Crippen molar-refractivity contribution < 1.29 is 4.79 Å². The van der Waals surface area contributed by atoms with Crippen LogP contribution in [-0.4, -0.2) is 37.1 Å². The zero-order valence-corrected chi connectivity index (χ0v) is 20.3. The molecule has 0 radical (unpaired) electrons. The fourth-order valence-electron chi connectivity index (χ4n) is 3.67. The van der Waals surface area contributed by atoms with Gasteiger partial charge in [0.2, 0.25) is 0 Å². The molecule has 0 aromatic heterocycles. The monoisotopic (exact) mass is 483 g/mol. The van der Waals surface area contributed by atoms with Crippen LogP contribution < -0.4 is 10.6 Å². The molecule has 2 amide bonds. The van der Waals surface area contributed by atoms with Crippen LogP contribution in [0.15, 0.2) is 78.9 Å². The van der Waals surface area contributed by atoms with Crippen LogP contribution in [0.1, 0.15) is 24.0 Å². The molecule has 0 saturated carbocycles. The zero-order valence-electron chi connectivity index (χ0n) is 18.8. The molecule has 174 valence electrons. The summed E-state index contributed by atoms with van der Waals surface area (Å²) in [5.74, 6) is 0. The lowest BCUT2D eigenvalue weighted by molar-refractivity contribution is 0.248. The van der Waals surface area contributed by atoms with Crippen molar-refractivity contribution in [3.63, 3.8) is 0 Å². The second kappa shape index (κ2) is 13.9. The van der Waals surface area contributed by atoms with E-state index in [2.05, 4.69) is 33.7 Å². The number of para-hydroxylation sites is 1. The van der Waals surface area contributed by atoms with E-state index in [0.717, 1.165) is 61.1 Å². The lowest BCUT2D eigenvalue weighted by atomic mass is 10.1. The summed E-state index contributed by atoms with van der Waals surface area (Å²) in [6, 6.07) is 25.4. The minimum atomic E-state index is -0.173. The Morgan fingerprint density at radius 2 is 1.45 bits per heavy atom. The minimum Gasteiger partial charge on any atom is -0.338 e. The minimum absolute atomic E-state index is 0.173. The number of hydrogen-bond donors (Lipinski definition) is 2. The maximum Gasteiger partial charge on any atom is 0.319 e. The fraction of sp³-hybridized carbons (Fsp3) is 0.296. The van der Waals surface area contributed by atoms with Crippen molar-refractivity contribution in [2.45, 2.75) is 25.7 Å². The van der Waals surface area contributed by atoms with Crippen molar-refractivity contribution in [1.29, 1.82) is 0 Å². The van der Waals surface area contributed by atoms with Crippen molar-refractivity contribution in [1.82, 2.24) is 10.2 Å². The normalized spacial score (nSPS) is 10.9. The summed E-state index contributed by atoms with van der Waals surface area (Å²) in [5.41, 5.74) is 3.26. The van der Waals surface area contributed by atoms with Gasteiger partial charge in [-0.1, -0.05) is 71.7 Å². The Hall–Kier alpha value is -2.53. The number of hydrogen-bond acceptors (Lipinski definition) is 2. The molecule has 3 aromatic carbocycles. The highest BCUT2D eigenvalue weighted by Crippen LogP contribution is 2.17. The molecule has 0 spiro atoms. The van der Waals surface area contributed by atoms with Gasteiger partial charge in [0.05, 0.1) is 0 Å². The van der Waals surface area contributed by atoms with Gasteiger partial charge in [-0.25, -0.2) is 4.79 Å². The summed E-state index contributed by atoms with van der Waals surface area (Å²) in [4.78, 5) is 14.6. The van der Waals surface area contributed by atoms with Gasteiger partial charge in [0, 0.05) is 28.8 Å². The molecule has 3 rings (SSSR count). The zero-order chi connectivity index (χ0) is 23.3. The standard InChI is InChI=1S/C27H31Cl2N3O/c28-24-15-13-22(14-16-24)17-21-32(19-6-9-23-8-4-5-12-26(23)29)20-7-18-30-27(33)31-25-10-2-1-3-11-25/h1-5,8,10-16H,6-7,9,17-21H2,(H2,30,31,33). The van der Waals surface area contributed by atoms with E-state index in [1.54, 1.807) is 0 Å². The Labute approximate surface area is 206 Å². The van der Waals surface area contributed by atoms with E-state index in [9.17, 15) is 4.79 Å². The maximum atomic E-state index is 12.1. The Kier molecular flexibility index (Phi) is 10.6. The Morgan fingerprint density at radius 3 is 2.21 bits per heavy atom. The summed E-state index contributed by atoms with van der Waals surface area (Å²) < 4.78 is 0. The van der Waals surface area contributed by atoms with E-state index in [0.29, 0.717) is 6.54 Å². The van der Waals surface area contributed by atoms with E-state index in [4.69, 9.17) is 23.2 Å². The van der Waals surface area contributed by atoms with Gasteiger partial charge in [-0.15, -0.1) is 0 Å². The Bertz CT molecular complexity index is 980. The Morgan fingerprint density at radius 1 is 0.758 bits per heavy atom. The number of benzene rings is 3. The van der Waals surface area contributed by atoms with Crippen molar-refractivity contribution in [2.75, 3.05) is 31.5 Å². The third kappa shape index (κ3) is 9.47. The van der Waals surface area contributed by atoms with Gasteiger partial charge in [0.25, 0.3) is 0 Å². The first-order valence-electron chi connectivity index (χ1n) is 11.4. The first-order valence-corrected chi connectivity index (χ1v) is 12.2. The predicted octanol–water partition coefficient (Wildman–Crippen LogP) is 6.68. The molecule has 0 unspecified atom stereocenters. The summed E-state index contributed by atoms with van der Waals surface area (Å²) in [5, 5.41) is 7.39. The summed E-state index contributed by atoms with van der Waals surface area (Å²) in [7, 11) is 0. The van der Waals surface area contributed by atoms with Crippen LogP contribution in [0.5, 0.6) is 0 Å². The molecule has 0 aliphatic carbocycles. The molecule has 0 fully saturated rings. The SMILES string of the molecule is O=C(NCCCN(CCCc1ccccc1Cl)CCc1ccc(Cl)cc1)Nc1ccccc1. The molecule has 0 atom stereocenters. The Balaban J connectivity index is 1.44. The van der Waals surface area contributed by atoms with Gasteiger partial charge in [0.1, 0.15) is 0 Å². The number of halogens is 2. The van der Waals surface area contributed by atoms with Gasteiger partial charge in [-0.05, 0) is 80.2 Å². The predicted molar refractivity (Wildman–Crippen MR) is 139 cm³/mol. The van der Waals surface area contributed by atoms with Gasteiger partial charge < -0.3 is 15.5 Å². The van der Waals surface area contributed by atoms with Crippen LogP contribution in [0.2, 0.25) is 10.0 Å². The molecule has 0 heterocycles. The molecular weight excluding hydrogens is 453 g/mol. The average molecular weight is 484 g/mol. The number of anilines is 1. The number of amides is 2. The van der Waals surface area contributed by atoms with Gasteiger partial charge in [-0.2, -0.15) is 0 Å². The van der Waals surface area contributed by atoms with Crippen LogP contribution in [0.25, 0.3) is 0 Å². The average Bonchev–Trinajstić information content (AvgIpc) is 2.82. The van der Waals surface area contributed by atoms with E-state index < -0.39 is 0 Å². The summed E-state index contributed by atoms with van der Waals surface area (Å²) >= 11 is 12.3. The third-order valence-electron chi connectivity index (χ3n) is 5.48. The fourth-order valence-corrected chi connectivity index (χ4v) is 4.03. The number of carbonyl (C=O) groups is 1. The van der Waals surface area contributed by atoms with Crippen LogP contribution in [0.3, 0.4) is 0 Å². The summed E-state index contributed by atoms with van der Waals surface area (Å²) in [6.45, 7) is 3.48. The topological polar surface area (TPSA) is 44.4 Å². The van der Waals surface area contributed by atoms with E-state index in [-0.39, 0.29) is 6.03 Å². The molecule has 6 heteroatoms. The largest absolute Gasteiger partial charge is 0.338 e. The second-order valence-electron chi connectivity index (χ2n) is 8.01. The molecule has 2 N–H and O–H groups in total. The number of carbonyl (C=O) groups excluding carboxylic acids is 1. The molecule has 33 heavy (non-hydrogen) atoms. The van der Waals surface area contributed by atoms with Crippen LogP contribution in [0.4, 0.5) is 10.5 Å². The van der Waals surface area contributed by atoms with Crippen LogP contribution in [-0.2, 0) is 12.8 Å². The first-order chi connectivity index (χ1) is 16.1. The lowest BCUT2D eigenvalue weighted by Crippen LogP contribution is -2.34. The third-order valence-corrected chi connectivity index (χ3v) is 6.10. The van der Waals surface area contributed by atoms with E-state index in [1.165, 1.54) is 11.1 Å². The van der Waals surface area contributed by atoms with E-state index >= 15 is 0 Å². The maximum absolute atomic E-state index is 12.1. The quantitative estimate of drug-likeness (QED) is 0.282. The number of urea groups is 1. The number of nitrogens with one attached hydrogen (secondary N) is 2. The van der Waals surface area contributed by atoms with Gasteiger partial charge in [-0.3, -0.25) is 0 Å². The molecule has 3 aromatic rings. The molecule has 0 aliphatic rings. The first kappa shape index (κ1) is 25.1. The number of rotatable bonds is 12. The second-order valence-corrected chi connectivity index (χ2v) is 8.86. The van der Waals surface area contributed by atoms with Crippen LogP contribution >= 0.6 is 23.2 Å². The van der Waals surface area contributed by atoms with Crippen molar-refractivity contribution in [2.24, 2.45) is 0 Å². The molecule has 0 saturated heterocycles. The molecule has 4 nitrogen and oxygen atoms in total. The lowest BCUT2D eigenvalue weighted by Gasteiger charge is -2.23. The highest BCUT2D eigenvalue weighted by atomic mass is 35.5. The van der Waals surface area contributed by atoms with E-state index in [1.807, 2.05) is 60.7 Å². The highest BCUT2D eigenvalue weighted by Gasteiger charge is 2.08. The smallest absolute Gasteiger partial charge is 0.319 e. The van der Waals surface area contributed by atoms with Gasteiger partial charge >= 0.3 is 6.03 Å². The van der Waals surface area contributed by atoms with Crippen LogP contribution in [0, 0.1) is 0 Å². The molecule has 0 bridgehead atoms. The van der Waals surface area contributed by atoms with Crippen molar-refractivity contribution in [3.8, 4) is 0 Å². The van der Waals surface area contributed by atoms with Gasteiger partial charge in [0.15, 0.2) is 0 Å². The molecular formula is C27H31Cl2N3O.